The first kappa shape index (κ1) is 17.9. The molecule has 0 saturated heterocycles. The number of hydrogen-bond acceptors (Lipinski definition) is 1. The molecule has 0 spiro atoms. The van der Waals surface area contributed by atoms with Gasteiger partial charge in [-0.3, -0.25) is 4.79 Å². The summed E-state index contributed by atoms with van der Waals surface area (Å²) in [7, 11) is 1.60. The van der Waals surface area contributed by atoms with Crippen LogP contribution in [0.15, 0.2) is 24.3 Å². The van der Waals surface area contributed by atoms with Crippen molar-refractivity contribution in [2.24, 2.45) is 0 Å². The van der Waals surface area contributed by atoms with Crippen molar-refractivity contribution >= 4 is 5.91 Å². The molecular formula is C11H23NO. The lowest BCUT2D eigenvalue weighted by molar-refractivity contribution is -0.116. The summed E-state index contributed by atoms with van der Waals surface area (Å²) in [5.41, 5.74) is 0.674. The monoisotopic (exact) mass is 185 g/mol. The van der Waals surface area contributed by atoms with Crippen LogP contribution in [-0.4, -0.2) is 13.0 Å². The van der Waals surface area contributed by atoms with E-state index in [0.717, 1.165) is 0 Å². The lowest BCUT2D eigenvalue weighted by Gasteiger charge is -1.94. The molecule has 0 saturated carbocycles. The van der Waals surface area contributed by atoms with Gasteiger partial charge in [-0.1, -0.05) is 46.4 Å². The molecule has 78 valence electrons. The highest BCUT2D eigenvalue weighted by Gasteiger charge is 1.95. The van der Waals surface area contributed by atoms with Crippen LogP contribution >= 0.6 is 0 Å². The number of hydrogen-bond donors (Lipinski definition) is 1. The Labute approximate surface area is 82.7 Å². The Morgan fingerprint density at radius 2 is 1.62 bits per heavy atom. The molecule has 0 aromatic rings. The highest BCUT2D eigenvalue weighted by atomic mass is 16.1. The van der Waals surface area contributed by atoms with Crippen LogP contribution in [0, 0.1) is 0 Å². The number of carbonyl (C=O) groups excluding carboxylic acids is 1. The van der Waals surface area contributed by atoms with Gasteiger partial charge in [0.05, 0.1) is 0 Å². The largest absolute Gasteiger partial charge is 0.355 e. The zero-order chi connectivity index (χ0) is 11.3. The number of likely N-dealkylation sites (N-methyl/N-ethyl adjacent to an activating group) is 1. The van der Waals surface area contributed by atoms with Gasteiger partial charge in [0.15, 0.2) is 0 Å². The van der Waals surface area contributed by atoms with Crippen molar-refractivity contribution in [3.05, 3.63) is 24.3 Å². The average Bonchev–Trinajstić information content (AvgIpc) is 2.23. The van der Waals surface area contributed by atoms with Gasteiger partial charge < -0.3 is 5.32 Å². The van der Waals surface area contributed by atoms with Gasteiger partial charge in [-0.25, -0.2) is 0 Å². The van der Waals surface area contributed by atoms with Crippen LogP contribution in [-0.2, 0) is 4.79 Å². The number of allylic oxidation sites excluding steroid dienone is 2. The summed E-state index contributed by atoms with van der Waals surface area (Å²) in [4.78, 5) is 10.7. The smallest absolute Gasteiger partial charge is 0.246 e. The van der Waals surface area contributed by atoms with Crippen molar-refractivity contribution in [3.63, 3.8) is 0 Å². The molecule has 0 fully saturated rings. The molecule has 1 amide bonds. The minimum absolute atomic E-state index is 0.0603. The van der Waals surface area contributed by atoms with E-state index in [0.29, 0.717) is 5.57 Å². The Morgan fingerprint density at radius 1 is 1.23 bits per heavy atom. The Hall–Kier alpha value is -1.05. The molecular weight excluding hydrogens is 162 g/mol. The predicted molar refractivity (Wildman–Crippen MR) is 60.7 cm³/mol. The third kappa shape index (κ3) is 13.9. The first-order valence-electron chi connectivity index (χ1n) is 4.73. The Bertz CT molecular complexity index is 148. The quantitative estimate of drug-likeness (QED) is 0.520. The molecule has 0 aromatic carbocycles. The van der Waals surface area contributed by atoms with Crippen molar-refractivity contribution < 1.29 is 4.79 Å². The second-order valence-corrected chi connectivity index (χ2v) is 1.66. The molecule has 13 heavy (non-hydrogen) atoms. The number of amides is 1. The van der Waals surface area contributed by atoms with Crippen LogP contribution in [0.1, 0.15) is 34.6 Å². The molecule has 0 heterocycles. The number of rotatable bonds is 2. The summed E-state index contributed by atoms with van der Waals surface area (Å²) in [6.45, 7) is 13.2. The van der Waals surface area contributed by atoms with Gasteiger partial charge in [0.25, 0.3) is 0 Å². The second kappa shape index (κ2) is 17.2. The number of nitrogens with one attached hydrogen (secondary N) is 1. The van der Waals surface area contributed by atoms with E-state index in [-0.39, 0.29) is 5.91 Å². The van der Waals surface area contributed by atoms with Gasteiger partial charge in [-0.2, -0.15) is 0 Å². The van der Waals surface area contributed by atoms with Crippen LogP contribution in [0.2, 0.25) is 0 Å². The second-order valence-electron chi connectivity index (χ2n) is 1.66. The molecule has 0 unspecified atom stereocenters. The lowest BCUT2D eigenvalue weighted by Crippen LogP contribution is -2.18. The lowest BCUT2D eigenvalue weighted by atomic mass is 10.2. The minimum Gasteiger partial charge on any atom is -0.355 e. The summed E-state index contributed by atoms with van der Waals surface area (Å²) >= 11 is 0. The van der Waals surface area contributed by atoms with Crippen molar-refractivity contribution in [3.8, 4) is 0 Å². The summed E-state index contributed by atoms with van der Waals surface area (Å²) < 4.78 is 0. The molecule has 0 atom stereocenters. The van der Waals surface area contributed by atoms with Crippen LogP contribution in [0.5, 0.6) is 0 Å². The molecule has 2 heteroatoms. The number of carbonyl (C=O) groups is 1. The Balaban J connectivity index is -0.000000218. The minimum atomic E-state index is -0.0603. The van der Waals surface area contributed by atoms with Crippen LogP contribution in [0.3, 0.4) is 0 Å². The SMILES string of the molecule is C=C/C=C(/C)C(=O)NC.CC.CC. The van der Waals surface area contributed by atoms with Crippen molar-refractivity contribution in [2.45, 2.75) is 34.6 Å². The van der Waals surface area contributed by atoms with E-state index in [1.807, 2.05) is 27.7 Å². The molecule has 0 aromatic heterocycles. The fourth-order valence-electron chi connectivity index (χ4n) is 0.450. The van der Waals surface area contributed by atoms with Crippen molar-refractivity contribution in [1.29, 1.82) is 0 Å². The van der Waals surface area contributed by atoms with Crippen LogP contribution in [0.25, 0.3) is 0 Å². The summed E-state index contributed by atoms with van der Waals surface area (Å²) in [5.74, 6) is -0.0603. The van der Waals surface area contributed by atoms with Gasteiger partial charge in [-0.05, 0) is 6.92 Å². The van der Waals surface area contributed by atoms with E-state index in [1.165, 1.54) is 0 Å². The molecule has 1 N–H and O–H groups in total. The molecule has 0 aliphatic carbocycles. The summed E-state index contributed by atoms with van der Waals surface area (Å²) in [6, 6.07) is 0. The van der Waals surface area contributed by atoms with E-state index in [9.17, 15) is 4.79 Å². The standard InChI is InChI=1S/C7H11NO.2C2H6/c1-4-5-6(2)7(9)8-3;2*1-2/h4-5H,1H2,2-3H3,(H,8,9);2*1-2H3/b6-5-;;. The molecule has 0 aliphatic heterocycles. The molecule has 0 rings (SSSR count). The topological polar surface area (TPSA) is 29.1 Å². The maximum Gasteiger partial charge on any atom is 0.246 e. The summed E-state index contributed by atoms with van der Waals surface area (Å²) in [5, 5.41) is 2.49. The molecule has 0 radical (unpaired) electrons. The molecule has 2 nitrogen and oxygen atoms in total. The van der Waals surface area contributed by atoms with Crippen LogP contribution in [0.4, 0.5) is 0 Å². The van der Waals surface area contributed by atoms with E-state index in [2.05, 4.69) is 11.9 Å². The fraction of sp³-hybridized carbons (Fsp3) is 0.545. The van der Waals surface area contributed by atoms with Gasteiger partial charge in [0, 0.05) is 12.6 Å². The zero-order valence-electron chi connectivity index (χ0n) is 9.77. The van der Waals surface area contributed by atoms with Gasteiger partial charge in [0.1, 0.15) is 0 Å². The fourth-order valence-corrected chi connectivity index (χ4v) is 0.450. The highest BCUT2D eigenvalue weighted by molar-refractivity contribution is 5.92. The Morgan fingerprint density at radius 3 is 1.85 bits per heavy atom. The normalized spacial score (nSPS) is 8.31. The first-order chi connectivity index (χ1) is 6.22. The maximum atomic E-state index is 10.7. The third-order valence-electron chi connectivity index (χ3n) is 0.953. The molecule has 0 bridgehead atoms. The van der Waals surface area contributed by atoms with Crippen molar-refractivity contribution in [1.82, 2.24) is 5.32 Å². The highest BCUT2D eigenvalue weighted by Crippen LogP contribution is 1.90. The van der Waals surface area contributed by atoms with E-state index >= 15 is 0 Å². The Kier molecular flexibility index (Phi) is 23.6. The van der Waals surface area contributed by atoms with E-state index < -0.39 is 0 Å². The first-order valence-corrected chi connectivity index (χ1v) is 4.73. The van der Waals surface area contributed by atoms with Crippen molar-refractivity contribution in [2.75, 3.05) is 7.05 Å². The zero-order valence-corrected chi connectivity index (χ0v) is 9.77. The van der Waals surface area contributed by atoms with Gasteiger partial charge in [0.2, 0.25) is 5.91 Å². The average molecular weight is 185 g/mol. The maximum absolute atomic E-state index is 10.7. The third-order valence-corrected chi connectivity index (χ3v) is 0.953. The van der Waals surface area contributed by atoms with E-state index in [1.54, 1.807) is 26.1 Å². The van der Waals surface area contributed by atoms with Gasteiger partial charge in [-0.15, -0.1) is 0 Å². The van der Waals surface area contributed by atoms with Gasteiger partial charge >= 0.3 is 0 Å². The molecule has 0 aliphatic rings. The summed E-state index contributed by atoms with van der Waals surface area (Å²) in [6.07, 6.45) is 3.25. The predicted octanol–water partition coefficient (Wildman–Crippen LogP) is 2.92. The van der Waals surface area contributed by atoms with Crippen LogP contribution < -0.4 is 5.32 Å². The van der Waals surface area contributed by atoms with E-state index in [4.69, 9.17) is 0 Å².